The van der Waals surface area contributed by atoms with Crippen LogP contribution in [0.5, 0.6) is 0 Å². The Balaban J connectivity index is 2.44. The minimum Gasteiger partial charge on any atom is -0.481 e. The van der Waals surface area contributed by atoms with E-state index in [0.29, 0.717) is 6.54 Å². The first-order valence-corrected chi connectivity index (χ1v) is 5.23. The summed E-state index contributed by atoms with van der Waals surface area (Å²) in [7, 11) is 0. The number of likely N-dealkylation sites (tertiary alicyclic amines) is 1. The van der Waals surface area contributed by atoms with Crippen LogP contribution in [0, 0.1) is 5.92 Å². The van der Waals surface area contributed by atoms with Gasteiger partial charge in [-0.2, -0.15) is 0 Å². The molecule has 2 N–H and O–H groups in total. The molecule has 1 heterocycles. The first-order chi connectivity index (χ1) is 6.65. The molecule has 1 fully saturated rings. The van der Waals surface area contributed by atoms with Crippen LogP contribution in [0.1, 0.15) is 26.2 Å². The van der Waals surface area contributed by atoms with Crippen LogP contribution < -0.4 is 0 Å². The third-order valence-corrected chi connectivity index (χ3v) is 2.89. The lowest BCUT2D eigenvalue weighted by atomic mass is 10.0. The zero-order valence-electron chi connectivity index (χ0n) is 8.65. The fraction of sp³-hybridized carbons (Fsp3) is 0.900. The van der Waals surface area contributed by atoms with Gasteiger partial charge in [0, 0.05) is 12.6 Å². The third kappa shape index (κ3) is 2.96. The molecule has 1 rings (SSSR count). The number of carbonyl (C=O) groups is 1. The summed E-state index contributed by atoms with van der Waals surface area (Å²) in [6, 6.07) is 0.172. The number of aliphatic hydroxyl groups excluding tert-OH is 1. The minimum atomic E-state index is -0.757. The quantitative estimate of drug-likeness (QED) is 0.697. The monoisotopic (exact) mass is 201 g/mol. The number of aliphatic hydroxyl groups is 1. The lowest BCUT2D eigenvalue weighted by Gasteiger charge is -2.35. The van der Waals surface area contributed by atoms with Crippen LogP contribution in [-0.4, -0.2) is 46.8 Å². The maximum atomic E-state index is 10.7. The van der Waals surface area contributed by atoms with E-state index in [1.165, 1.54) is 0 Å². The Morgan fingerprint density at radius 1 is 1.57 bits per heavy atom. The molecule has 0 aromatic heterocycles. The van der Waals surface area contributed by atoms with E-state index in [2.05, 4.69) is 4.90 Å². The number of hydrogen-bond donors (Lipinski definition) is 2. The van der Waals surface area contributed by atoms with Crippen molar-refractivity contribution in [3.05, 3.63) is 0 Å². The summed E-state index contributed by atoms with van der Waals surface area (Å²) in [6.45, 7) is 3.33. The molecule has 0 saturated carbocycles. The first kappa shape index (κ1) is 11.5. The van der Waals surface area contributed by atoms with Crippen molar-refractivity contribution in [1.82, 2.24) is 4.90 Å². The summed E-state index contributed by atoms with van der Waals surface area (Å²) in [5, 5.41) is 17.9. The molecule has 0 amide bonds. The zero-order chi connectivity index (χ0) is 10.6. The molecule has 0 aromatic carbocycles. The van der Waals surface area contributed by atoms with E-state index in [1.807, 2.05) is 0 Å². The fourth-order valence-corrected chi connectivity index (χ4v) is 1.94. The Morgan fingerprint density at radius 2 is 2.29 bits per heavy atom. The van der Waals surface area contributed by atoms with Gasteiger partial charge in [-0.3, -0.25) is 9.69 Å². The third-order valence-electron chi connectivity index (χ3n) is 2.89. The van der Waals surface area contributed by atoms with Gasteiger partial charge in [0.15, 0.2) is 0 Å². The second-order valence-electron chi connectivity index (χ2n) is 4.07. The number of hydrogen-bond acceptors (Lipinski definition) is 3. The Hall–Kier alpha value is -0.610. The fourth-order valence-electron chi connectivity index (χ4n) is 1.94. The number of carboxylic acid groups (broad SMARTS) is 1. The summed E-state index contributed by atoms with van der Waals surface area (Å²) < 4.78 is 0. The lowest BCUT2D eigenvalue weighted by molar-refractivity contribution is -0.142. The highest BCUT2D eigenvalue weighted by Gasteiger charge is 2.24. The second kappa shape index (κ2) is 5.32. The predicted molar refractivity (Wildman–Crippen MR) is 53.1 cm³/mol. The van der Waals surface area contributed by atoms with Crippen LogP contribution in [0.4, 0.5) is 0 Å². The van der Waals surface area contributed by atoms with Crippen LogP contribution in [0.2, 0.25) is 0 Å². The van der Waals surface area contributed by atoms with Crippen LogP contribution in [-0.2, 0) is 4.79 Å². The smallest absolute Gasteiger partial charge is 0.307 e. The number of aliphatic carboxylic acids is 1. The van der Waals surface area contributed by atoms with Crippen LogP contribution in [0.3, 0.4) is 0 Å². The molecular formula is C10H19NO3. The van der Waals surface area contributed by atoms with Gasteiger partial charge in [-0.05, 0) is 19.4 Å². The average Bonchev–Trinajstić information content (AvgIpc) is 2.18. The molecule has 0 spiro atoms. The molecule has 82 valence electrons. The van der Waals surface area contributed by atoms with Crippen LogP contribution in [0.25, 0.3) is 0 Å². The van der Waals surface area contributed by atoms with E-state index in [9.17, 15) is 4.79 Å². The standard InChI is InChI=1S/C10H19NO3/c1-8(10(13)14)6-11-5-3-2-4-9(11)7-12/h8-9,12H,2-7H2,1H3,(H,13,14). The van der Waals surface area contributed by atoms with Crippen molar-refractivity contribution in [2.45, 2.75) is 32.2 Å². The average molecular weight is 201 g/mol. The SMILES string of the molecule is CC(CN1CCCCC1CO)C(=O)O. The van der Waals surface area contributed by atoms with E-state index < -0.39 is 5.97 Å². The number of carboxylic acids is 1. The van der Waals surface area contributed by atoms with Gasteiger partial charge < -0.3 is 10.2 Å². The maximum absolute atomic E-state index is 10.7. The summed E-state index contributed by atoms with van der Waals surface area (Å²) >= 11 is 0. The second-order valence-corrected chi connectivity index (χ2v) is 4.07. The largest absolute Gasteiger partial charge is 0.481 e. The van der Waals surface area contributed by atoms with Gasteiger partial charge in [0.05, 0.1) is 12.5 Å². The highest BCUT2D eigenvalue weighted by atomic mass is 16.4. The molecule has 0 bridgehead atoms. The van der Waals surface area contributed by atoms with Gasteiger partial charge in [-0.25, -0.2) is 0 Å². The molecule has 1 aliphatic heterocycles. The molecule has 1 aliphatic rings. The van der Waals surface area contributed by atoms with E-state index in [-0.39, 0.29) is 18.6 Å². The van der Waals surface area contributed by atoms with Crippen molar-refractivity contribution in [1.29, 1.82) is 0 Å². The molecular weight excluding hydrogens is 182 g/mol. The lowest BCUT2D eigenvalue weighted by Crippen LogP contribution is -2.44. The van der Waals surface area contributed by atoms with Gasteiger partial charge >= 0.3 is 5.97 Å². The van der Waals surface area contributed by atoms with Gasteiger partial charge in [0.1, 0.15) is 0 Å². The minimum absolute atomic E-state index is 0.145. The van der Waals surface area contributed by atoms with Gasteiger partial charge in [-0.15, -0.1) is 0 Å². The normalized spacial score (nSPS) is 26.0. The Morgan fingerprint density at radius 3 is 2.86 bits per heavy atom. The molecule has 4 heteroatoms. The summed E-state index contributed by atoms with van der Waals surface area (Å²) in [6.07, 6.45) is 3.24. The molecule has 14 heavy (non-hydrogen) atoms. The van der Waals surface area contributed by atoms with E-state index in [4.69, 9.17) is 10.2 Å². The summed E-state index contributed by atoms with van der Waals surface area (Å²) in [5.41, 5.74) is 0. The van der Waals surface area contributed by atoms with Crippen molar-refractivity contribution in [2.75, 3.05) is 19.7 Å². The predicted octanol–water partition coefficient (Wildman–Crippen LogP) is 0.554. The molecule has 2 atom stereocenters. The number of piperidine rings is 1. The summed E-state index contributed by atoms with van der Waals surface area (Å²) in [5.74, 6) is -1.10. The van der Waals surface area contributed by atoms with Crippen LogP contribution in [0.15, 0.2) is 0 Å². The molecule has 0 radical (unpaired) electrons. The van der Waals surface area contributed by atoms with Crippen molar-refractivity contribution in [2.24, 2.45) is 5.92 Å². The van der Waals surface area contributed by atoms with Crippen molar-refractivity contribution in [3.63, 3.8) is 0 Å². The van der Waals surface area contributed by atoms with Crippen molar-refractivity contribution >= 4 is 5.97 Å². The highest BCUT2D eigenvalue weighted by molar-refractivity contribution is 5.69. The molecule has 4 nitrogen and oxygen atoms in total. The molecule has 0 aliphatic carbocycles. The Kier molecular flexibility index (Phi) is 4.35. The van der Waals surface area contributed by atoms with Crippen molar-refractivity contribution < 1.29 is 15.0 Å². The van der Waals surface area contributed by atoms with Gasteiger partial charge in [0.25, 0.3) is 0 Å². The van der Waals surface area contributed by atoms with Crippen LogP contribution >= 0.6 is 0 Å². The Labute approximate surface area is 84.5 Å². The number of nitrogens with zero attached hydrogens (tertiary/aromatic N) is 1. The zero-order valence-corrected chi connectivity index (χ0v) is 8.65. The van der Waals surface area contributed by atoms with E-state index in [0.717, 1.165) is 25.8 Å². The first-order valence-electron chi connectivity index (χ1n) is 5.23. The molecule has 1 saturated heterocycles. The topological polar surface area (TPSA) is 60.8 Å². The summed E-state index contributed by atoms with van der Waals surface area (Å²) in [4.78, 5) is 12.8. The molecule has 0 aromatic rings. The van der Waals surface area contributed by atoms with Gasteiger partial charge in [0.2, 0.25) is 0 Å². The van der Waals surface area contributed by atoms with Crippen molar-refractivity contribution in [3.8, 4) is 0 Å². The molecule has 2 unspecified atom stereocenters. The van der Waals surface area contributed by atoms with E-state index >= 15 is 0 Å². The number of rotatable bonds is 4. The van der Waals surface area contributed by atoms with E-state index in [1.54, 1.807) is 6.92 Å². The Bertz CT molecular complexity index is 196. The highest BCUT2D eigenvalue weighted by Crippen LogP contribution is 2.17. The maximum Gasteiger partial charge on any atom is 0.307 e. The van der Waals surface area contributed by atoms with Gasteiger partial charge in [-0.1, -0.05) is 13.3 Å².